The predicted octanol–water partition coefficient (Wildman–Crippen LogP) is 6.34. The van der Waals surface area contributed by atoms with E-state index in [1.807, 2.05) is 40.9 Å². The lowest BCUT2D eigenvalue weighted by Crippen LogP contribution is -2.56. The number of carbonyl (C=O) groups is 1. The van der Waals surface area contributed by atoms with Crippen molar-refractivity contribution in [2.75, 3.05) is 13.7 Å². The molecule has 3 heterocycles. The molecule has 208 valence electrons. The van der Waals surface area contributed by atoms with Gasteiger partial charge in [0.2, 0.25) is 5.82 Å². The van der Waals surface area contributed by atoms with Crippen molar-refractivity contribution in [3.63, 3.8) is 0 Å². The number of fused-ring (bicyclic) bond motifs is 1. The number of amides is 2. The summed E-state index contributed by atoms with van der Waals surface area (Å²) in [6.07, 6.45) is 8.50. The van der Waals surface area contributed by atoms with E-state index in [0.717, 1.165) is 47.4 Å². The number of primary amides is 1. The van der Waals surface area contributed by atoms with E-state index < -0.39 is 17.4 Å². The van der Waals surface area contributed by atoms with Crippen molar-refractivity contribution in [3.05, 3.63) is 109 Å². The Balaban J connectivity index is 1.43. The Hall–Kier alpha value is -4.92. The Bertz CT molecular complexity index is 1690. The van der Waals surface area contributed by atoms with Crippen LogP contribution in [0.25, 0.3) is 16.8 Å². The van der Waals surface area contributed by atoms with Gasteiger partial charge in [-0.3, -0.25) is 9.38 Å². The number of likely N-dealkylation sites (tertiary alicyclic amines) is 1. The zero-order valence-corrected chi connectivity index (χ0v) is 22.7. The molecular weight excluding hydrogens is 521 g/mol. The number of piperidine rings is 1. The molecule has 1 saturated heterocycles. The van der Waals surface area contributed by atoms with Crippen LogP contribution >= 0.6 is 0 Å². The molecule has 1 aliphatic heterocycles. The molecule has 9 heteroatoms. The molecule has 2 amide bonds. The summed E-state index contributed by atoms with van der Waals surface area (Å²) in [6, 6.07) is 21.7. The van der Waals surface area contributed by atoms with E-state index in [9.17, 15) is 9.18 Å². The molecule has 1 aliphatic rings. The van der Waals surface area contributed by atoms with E-state index in [0.29, 0.717) is 18.7 Å². The zero-order chi connectivity index (χ0) is 28.4. The fraction of sp³-hybridized carbons (Fsp3) is 0.219. The van der Waals surface area contributed by atoms with Crippen LogP contribution in [0.15, 0.2) is 91.4 Å². The number of hydrogen-bond donors (Lipinski definition) is 1. The third kappa shape index (κ3) is 4.84. The number of hydrogen-bond acceptors (Lipinski definition) is 5. The van der Waals surface area contributed by atoms with Gasteiger partial charge >= 0.3 is 6.03 Å². The molecule has 0 unspecified atom stereocenters. The summed E-state index contributed by atoms with van der Waals surface area (Å²) in [5, 5.41) is 0. The first kappa shape index (κ1) is 26.3. The normalized spacial score (nSPS) is 17.0. The van der Waals surface area contributed by atoms with E-state index in [1.165, 1.54) is 13.2 Å². The first-order chi connectivity index (χ1) is 20.0. The van der Waals surface area contributed by atoms with E-state index >= 15 is 0 Å². The standard InChI is InChI=1S/C32H30FN5O3/c1-40-26-10-7-11-27(28(26)33)41-24-14-12-23(13-15-24)29-25-21-35-17-19-37(25)30(36-29)32(20-22-8-3-2-4-9-22)16-5-6-18-38(32)31(34)39/h2-4,7-15,17,19,21H,5-6,16,18,20H2,1H3,(H2,34,39)/t32-/m0/s1. The molecule has 0 saturated carbocycles. The summed E-state index contributed by atoms with van der Waals surface area (Å²) in [5.74, 6) is 0.829. The van der Waals surface area contributed by atoms with Crippen LogP contribution in [0, 0.1) is 5.82 Å². The topological polar surface area (TPSA) is 95.0 Å². The van der Waals surface area contributed by atoms with E-state index in [4.69, 9.17) is 20.2 Å². The monoisotopic (exact) mass is 551 g/mol. The van der Waals surface area contributed by atoms with Gasteiger partial charge in [0.05, 0.1) is 24.5 Å². The maximum absolute atomic E-state index is 14.6. The highest BCUT2D eigenvalue weighted by molar-refractivity contribution is 5.78. The van der Waals surface area contributed by atoms with Crippen LogP contribution < -0.4 is 15.2 Å². The van der Waals surface area contributed by atoms with Crippen LogP contribution in [-0.2, 0) is 12.0 Å². The van der Waals surface area contributed by atoms with Crippen molar-refractivity contribution >= 4 is 11.5 Å². The lowest BCUT2D eigenvalue weighted by atomic mass is 9.80. The smallest absolute Gasteiger partial charge is 0.315 e. The Labute approximate surface area is 237 Å². The zero-order valence-electron chi connectivity index (χ0n) is 22.7. The Morgan fingerprint density at radius 1 is 1.02 bits per heavy atom. The molecule has 3 aromatic carbocycles. The van der Waals surface area contributed by atoms with Gasteiger partial charge in [0, 0.05) is 30.9 Å². The van der Waals surface area contributed by atoms with Crippen molar-refractivity contribution in [1.29, 1.82) is 0 Å². The number of carbonyl (C=O) groups excluding carboxylic acids is 1. The second kappa shape index (κ2) is 10.9. The number of benzene rings is 3. The molecule has 8 nitrogen and oxygen atoms in total. The summed E-state index contributed by atoms with van der Waals surface area (Å²) < 4.78 is 27.5. The Morgan fingerprint density at radius 2 is 1.80 bits per heavy atom. The van der Waals surface area contributed by atoms with Crippen LogP contribution in [0.4, 0.5) is 9.18 Å². The lowest BCUT2D eigenvalue weighted by Gasteiger charge is -2.45. The number of halogens is 1. The molecule has 41 heavy (non-hydrogen) atoms. The van der Waals surface area contributed by atoms with Gasteiger partial charge in [-0.05, 0) is 61.2 Å². The van der Waals surface area contributed by atoms with Crippen LogP contribution in [0.3, 0.4) is 0 Å². The number of imidazole rings is 1. The average Bonchev–Trinajstić information content (AvgIpc) is 3.40. The second-order valence-electron chi connectivity index (χ2n) is 10.2. The van der Waals surface area contributed by atoms with Crippen LogP contribution in [0.2, 0.25) is 0 Å². The van der Waals surface area contributed by atoms with E-state index in [-0.39, 0.29) is 11.5 Å². The minimum absolute atomic E-state index is 0.0720. The number of nitrogens with two attached hydrogens (primary N) is 1. The molecule has 6 rings (SSSR count). The lowest BCUT2D eigenvalue weighted by molar-refractivity contribution is 0.0712. The fourth-order valence-corrected chi connectivity index (χ4v) is 5.80. The number of rotatable bonds is 7. The summed E-state index contributed by atoms with van der Waals surface area (Å²) in [5.41, 5.74) is 8.71. The predicted molar refractivity (Wildman–Crippen MR) is 153 cm³/mol. The van der Waals surface area contributed by atoms with Gasteiger partial charge in [-0.15, -0.1) is 0 Å². The van der Waals surface area contributed by atoms with E-state index in [1.54, 1.807) is 41.6 Å². The summed E-state index contributed by atoms with van der Waals surface area (Å²) in [4.78, 5) is 24.2. The van der Waals surface area contributed by atoms with Gasteiger partial charge in [0.25, 0.3) is 0 Å². The first-order valence-corrected chi connectivity index (χ1v) is 13.5. The van der Waals surface area contributed by atoms with Gasteiger partial charge in [0.1, 0.15) is 17.1 Å². The van der Waals surface area contributed by atoms with Gasteiger partial charge < -0.3 is 20.1 Å². The van der Waals surface area contributed by atoms with Gasteiger partial charge in [-0.2, -0.15) is 4.39 Å². The van der Waals surface area contributed by atoms with Crippen LogP contribution in [0.5, 0.6) is 17.2 Å². The van der Waals surface area contributed by atoms with Crippen molar-refractivity contribution < 1.29 is 18.7 Å². The van der Waals surface area contributed by atoms with Gasteiger partial charge in [-0.1, -0.05) is 36.4 Å². The number of urea groups is 1. The maximum Gasteiger partial charge on any atom is 0.315 e. The summed E-state index contributed by atoms with van der Waals surface area (Å²) in [6.45, 7) is 0.560. The first-order valence-electron chi connectivity index (χ1n) is 13.5. The highest BCUT2D eigenvalue weighted by Gasteiger charge is 2.46. The number of ether oxygens (including phenoxy) is 2. The van der Waals surface area contributed by atoms with Crippen molar-refractivity contribution in [2.24, 2.45) is 5.73 Å². The Morgan fingerprint density at radius 3 is 2.56 bits per heavy atom. The SMILES string of the molecule is COc1cccc(Oc2ccc(-c3nc([C@@]4(Cc5ccccc5)CCCCN4C(N)=O)n4ccncc34)cc2)c1F. The summed E-state index contributed by atoms with van der Waals surface area (Å²) >= 11 is 0. The largest absolute Gasteiger partial charge is 0.494 e. The van der Waals surface area contributed by atoms with Crippen molar-refractivity contribution in [3.8, 4) is 28.5 Å². The minimum atomic E-state index is -0.735. The molecule has 2 aromatic heterocycles. The molecule has 0 bridgehead atoms. The highest BCUT2D eigenvalue weighted by atomic mass is 19.1. The highest BCUT2D eigenvalue weighted by Crippen LogP contribution is 2.42. The van der Waals surface area contributed by atoms with Crippen molar-refractivity contribution in [2.45, 2.75) is 31.2 Å². The summed E-state index contributed by atoms with van der Waals surface area (Å²) in [7, 11) is 1.41. The van der Waals surface area contributed by atoms with Gasteiger partial charge in [-0.25, -0.2) is 9.78 Å². The molecular formula is C32H30FN5O3. The van der Waals surface area contributed by atoms with Crippen LogP contribution in [0.1, 0.15) is 30.7 Å². The maximum atomic E-state index is 14.6. The average molecular weight is 552 g/mol. The van der Waals surface area contributed by atoms with Gasteiger partial charge in [0.15, 0.2) is 11.5 Å². The molecule has 0 radical (unpaired) electrons. The third-order valence-electron chi connectivity index (χ3n) is 7.71. The minimum Gasteiger partial charge on any atom is -0.494 e. The molecule has 5 aromatic rings. The number of aromatic nitrogens is 3. The van der Waals surface area contributed by atoms with Crippen LogP contribution in [-0.4, -0.2) is 39.0 Å². The third-order valence-corrected chi connectivity index (χ3v) is 7.71. The number of nitrogens with zero attached hydrogens (tertiary/aromatic N) is 4. The molecule has 0 spiro atoms. The quantitative estimate of drug-likeness (QED) is 0.255. The molecule has 1 atom stereocenters. The second-order valence-corrected chi connectivity index (χ2v) is 10.2. The molecule has 1 fully saturated rings. The molecule has 2 N–H and O–H groups in total. The number of methoxy groups -OCH3 is 1. The van der Waals surface area contributed by atoms with Crippen molar-refractivity contribution in [1.82, 2.24) is 19.3 Å². The Kier molecular flexibility index (Phi) is 7.01. The molecule has 0 aliphatic carbocycles. The van der Waals surface area contributed by atoms with E-state index in [2.05, 4.69) is 17.1 Å². The fourth-order valence-electron chi connectivity index (χ4n) is 5.80.